The van der Waals surface area contributed by atoms with Crippen molar-refractivity contribution in [1.82, 2.24) is 10.2 Å². The molecule has 242 valence electrons. The molecule has 4 aromatic rings. The minimum atomic E-state index is -4.29. The number of anilines is 1. The smallest absolute Gasteiger partial charge is 0.264 e. The van der Waals surface area contributed by atoms with Crippen molar-refractivity contribution in [1.29, 1.82) is 0 Å². The molecule has 0 fully saturated rings. The van der Waals surface area contributed by atoms with Gasteiger partial charge in [0.25, 0.3) is 10.0 Å². The average Bonchev–Trinajstić information content (AvgIpc) is 3.06. The third-order valence-electron chi connectivity index (χ3n) is 7.59. The Hall–Kier alpha value is -4.05. The number of amides is 2. The molecule has 0 saturated carbocycles. The SMILES string of the molecule is CC[C@H](C)NC(=O)[C@H](Cc1ccccc1)N(Cc1ccccc1Cl)C(=O)CN(c1cccc(Cl)c1)S(=O)(=O)c1ccc(OC)cc1. The number of rotatable bonds is 14. The maximum atomic E-state index is 14.5. The molecule has 0 spiro atoms. The highest BCUT2D eigenvalue weighted by Crippen LogP contribution is 2.28. The van der Waals surface area contributed by atoms with Gasteiger partial charge in [0.05, 0.1) is 17.7 Å². The number of hydrogen-bond donors (Lipinski definition) is 1. The van der Waals surface area contributed by atoms with Crippen LogP contribution in [0.3, 0.4) is 0 Å². The van der Waals surface area contributed by atoms with Crippen molar-refractivity contribution >= 4 is 50.7 Å². The number of halogens is 2. The van der Waals surface area contributed by atoms with Crippen LogP contribution in [0.5, 0.6) is 5.75 Å². The van der Waals surface area contributed by atoms with E-state index in [1.807, 2.05) is 44.2 Å². The van der Waals surface area contributed by atoms with E-state index in [-0.39, 0.29) is 35.5 Å². The zero-order valence-corrected chi connectivity index (χ0v) is 28.2. The fraction of sp³-hybridized carbons (Fsp3) is 0.257. The number of nitrogens with zero attached hydrogens (tertiary/aromatic N) is 2. The number of methoxy groups -OCH3 is 1. The number of benzene rings is 4. The fourth-order valence-electron chi connectivity index (χ4n) is 4.84. The van der Waals surface area contributed by atoms with Crippen molar-refractivity contribution in [3.63, 3.8) is 0 Å². The molecule has 0 aliphatic heterocycles. The molecule has 0 bridgehead atoms. The Kier molecular flexibility index (Phi) is 12.1. The minimum absolute atomic E-state index is 0.0318. The molecule has 11 heteroatoms. The van der Waals surface area contributed by atoms with E-state index in [1.54, 1.807) is 42.5 Å². The average molecular weight is 683 g/mol. The lowest BCUT2D eigenvalue weighted by atomic mass is 10.0. The first kappa shape index (κ1) is 34.8. The lowest BCUT2D eigenvalue weighted by molar-refractivity contribution is -0.140. The Morgan fingerprint density at radius 2 is 1.57 bits per heavy atom. The lowest BCUT2D eigenvalue weighted by Gasteiger charge is -2.34. The van der Waals surface area contributed by atoms with E-state index in [9.17, 15) is 18.0 Å². The van der Waals surface area contributed by atoms with Gasteiger partial charge in [-0.3, -0.25) is 13.9 Å². The van der Waals surface area contributed by atoms with Crippen molar-refractivity contribution < 1.29 is 22.7 Å². The van der Waals surface area contributed by atoms with E-state index in [1.165, 1.54) is 42.3 Å². The van der Waals surface area contributed by atoms with E-state index < -0.39 is 28.5 Å². The van der Waals surface area contributed by atoms with Crippen LogP contribution in [-0.4, -0.2) is 50.9 Å². The number of ether oxygens (including phenoxy) is 1. The van der Waals surface area contributed by atoms with Gasteiger partial charge in [-0.15, -0.1) is 0 Å². The molecule has 2 amide bonds. The summed E-state index contributed by atoms with van der Waals surface area (Å²) in [5, 5.41) is 3.73. The standard InChI is InChI=1S/C35H37Cl2N3O5S/c1-4-25(2)38-35(42)33(21-26-11-6-5-7-12-26)39(23-27-13-8-9-16-32(27)37)34(41)24-40(29-15-10-14-28(36)22-29)46(43,44)31-19-17-30(45-3)18-20-31/h5-20,22,25,33H,4,21,23-24H2,1-3H3,(H,38,42)/t25-,33-/m0/s1. The number of hydrogen-bond acceptors (Lipinski definition) is 5. The lowest BCUT2D eigenvalue weighted by Crippen LogP contribution is -2.54. The molecule has 2 atom stereocenters. The maximum absolute atomic E-state index is 14.5. The van der Waals surface area contributed by atoms with Crippen molar-refractivity contribution in [2.24, 2.45) is 0 Å². The monoisotopic (exact) mass is 681 g/mol. The summed E-state index contributed by atoms with van der Waals surface area (Å²) in [5.74, 6) is -0.477. The molecule has 4 rings (SSSR count). The summed E-state index contributed by atoms with van der Waals surface area (Å²) in [5.41, 5.74) is 1.64. The van der Waals surface area contributed by atoms with Crippen molar-refractivity contribution in [2.45, 2.75) is 50.2 Å². The fourth-order valence-corrected chi connectivity index (χ4v) is 6.63. The van der Waals surface area contributed by atoms with E-state index in [0.29, 0.717) is 27.8 Å². The highest BCUT2D eigenvalue weighted by atomic mass is 35.5. The maximum Gasteiger partial charge on any atom is 0.264 e. The molecule has 0 aliphatic rings. The van der Waals surface area contributed by atoms with Crippen molar-refractivity contribution in [3.8, 4) is 5.75 Å². The molecule has 0 heterocycles. The topological polar surface area (TPSA) is 96.0 Å². The zero-order chi connectivity index (χ0) is 33.3. The van der Waals surface area contributed by atoms with Crippen molar-refractivity contribution in [3.05, 3.63) is 124 Å². The van der Waals surface area contributed by atoms with Gasteiger partial charge in [0.1, 0.15) is 18.3 Å². The van der Waals surface area contributed by atoms with Gasteiger partial charge in [-0.25, -0.2) is 8.42 Å². The van der Waals surface area contributed by atoms with E-state index in [2.05, 4.69) is 5.32 Å². The first-order chi connectivity index (χ1) is 22.0. The van der Waals surface area contributed by atoms with E-state index in [0.717, 1.165) is 9.87 Å². The van der Waals surface area contributed by atoms with E-state index in [4.69, 9.17) is 27.9 Å². The van der Waals surface area contributed by atoms with Gasteiger partial charge in [-0.2, -0.15) is 0 Å². The normalized spacial score (nSPS) is 12.5. The Bertz CT molecular complexity index is 1740. The van der Waals surface area contributed by atoms with E-state index >= 15 is 0 Å². The van der Waals surface area contributed by atoms with Crippen LogP contribution in [0.15, 0.2) is 108 Å². The zero-order valence-electron chi connectivity index (χ0n) is 25.9. The summed E-state index contributed by atoms with van der Waals surface area (Å²) >= 11 is 12.8. The molecule has 0 aliphatic carbocycles. The third-order valence-corrected chi connectivity index (χ3v) is 9.99. The van der Waals surface area contributed by atoms with Gasteiger partial charge in [-0.1, -0.05) is 84.7 Å². The van der Waals surface area contributed by atoms with Crippen LogP contribution in [0, 0.1) is 0 Å². The Morgan fingerprint density at radius 3 is 2.20 bits per heavy atom. The van der Waals surface area contributed by atoms with Gasteiger partial charge in [0, 0.05) is 29.1 Å². The minimum Gasteiger partial charge on any atom is -0.497 e. The summed E-state index contributed by atoms with van der Waals surface area (Å²) < 4.78 is 34.5. The summed E-state index contributed by atoms with van der Waals surface area (Å²) in [4.78, 5) is 29.8. The van der Waals surface area contributed by atoms with Crippen LogP contribution in [-0.2, 0) is 32.6 Å². The summed E-state index contributed by atoms with van der Waals surface area (Å²) in [6.45, 7) is 3.20. The first-order valence-corrected chi connectivity index (χ1v) is 17.0. The number of carbonyl (C=O) groups excluding carboxylic acids is 2. The largest absolute Gasteiger partial charge is 0.497 e. The Balaban J connectivity index is 1.82. The second kappa shape index (κ2) is 16.0. The van der Waals surface area contributed by atoms with Crippen LogP contribution in [0.2, 0.25) is 10.0 Å². The molecule has 0 aromatic heterocycles. The van der Waals surface area contributed by atoms with Gasteiger partial charge in [-0.05, 0) is 73.0 Å². The quantitative estimate of drug-likeness (QED) is 0.159. The molecular formula is C35H37Cl2N3O5S. The van der Waals surface area contributed by atoms with Crippen LogP contribution in [0.25, 0.3) is 0 Å². The molecule has 4 aromatic carbocycles. The molecule has 46 heavy (non-hydrogen) atoms. The summed E-state index contributed by atoms with van der Waals surface area (Å²) in [6.07, 6.45) is 0.882. The molecule has 0 saturated heterocycles. The van der Waals surface area contributed by atoms with Gasteiger partial charge in [0.2, 0.25) is 11.8 Å². The molecular weight excluding hydrogens is 645 g/mol. The van der Waals surface area contributed by atoms with Gasteiger partial charge in [0.15, 0.2) is 0 Å². The number of nitrogens with one attached hydrogen (secondary N) is 1. The Morgan fingerprint density at radius 1 is 0.891 bits per heavy atom. The number of carbonyl (C=O) groups is 2. The highest BCUT2D eigenvalue weighted by Gasteiger charge is 2.35. The van der Waals surface area contributed by atoms with Crippen LogP contribution < -0.4 is 14.4 Å². The second-order valence-electron chi connectivity index (χ2n) is 10.8. The molecule has 1 N–H and O–H groups in total. The predicted octanol–water partition coefficient (Wildman–Crippen LogP) is 6.75. The second-order valence-corrected chi connectivity index (χ2v) is 13.5. The van der Waals surface area contributed by atoms with Crippen LogP contribution >= 0.6 is 23.2 Å². The summed E-state index contributed by atoms with van der Waals surface area (Å²) in [6, 6.07) is 27.4. The molecule has 0 unspecified atom stereocenters. The number of sulfonamides is 1. The Labute approximate surface area is 280 Å². The van der Waals surface area contributed by atoms with Crippen LogP contribution in [0.4, 0.5) is 5.69 Å². The van der Waals surface area contributed by atoms with Crippen LogP contribution in [0.1, 0.15) is 31.4 Å². The molecule has 8 nitrogen and oxygen atoms in total. The third kappa shape index (κ3) is 8.81. The highest BCUT2D eigenvalue weighted by molar-refractivity contribution is 7.92. The molecule has 0 radical (unpaired) electrons. The van der Waals surface area contributed by atoms with Gasteiger partial charge >= 0.3 is 0 Å². The van der Waals surface area contributed by atoms with Gasteiger partial charge < -0.3 is 15.0 Å². The predicted molar refractivity (Wildman–Crippen MR) is 183 cm³/mol. The first-order valence-electron chi connectivity index (χ1n) is 14.8. The summed E-state index contributed by atoms with van der Waals surface area (Å²) in [7, 11) is -2.80. The van der Waals surface area contributed by atoms with Crippen molar-refractivity contribution in [2.75, 3.05) is 18.0 Å².